The molecule has 3 rings (SSSR count). The van der Waals surface area contributed by atoms with Crippen molar-refractivity contribution in [3.63, 3.8) is 0 Å². The average molecular weight is 417 g/mol. The van der Waals surface area contributed by atoms with Crippen LogP contribution < -0.4 is 15.6 Å². The van der Waals surface area contributed by atoms with Crippen LogP contribution in [-0.2, 0) is 6.18 Å². The zero-order chi connectivity index (χ0) is 20.5. The van der Waals surface area contributed by atoms with Crippen LogP contribution >= 0.6 is 11.6 Å². The van der Waals surface area contributed by atoms with Crippen LogP contribution in [-0.4, -0.2) is 47.2 Å². The van der Waals surface area contributed by atoms with Crippen LogP contribution in [0.5, 0.6) is 11.6 Å². The standard InChI is InChI=1S/C17H16ClF3N4O3/c1-9-13(17(19,20)21)14(26)23-24-15(9)28-12-7-10(6-11(18)8-12)16(27)25-4-2-22-3-5-25/h6-8,22H,2-5H2,1H3,(H,23,26). The molecule has 1 saturated heterocycles. The van der Waals surface area contributed by atoms with Gasteiger partial charge in [0, 0.05) is 42.3 Å². The Labute approximate surface area is 162 Å². The molecule has 0 bridgehead atoms. The van der Waals surface area contributed by atoms with Gasteiger partial charge in [0.1, 0.15) is 11.3 Å². The van der Waals surface area contributed by atoms with Gasteiger partial charge in [-0.2, -0.15) is 13.2 Å². The summed E-state index contributed by atoms with van der Waals surface area (Å²) in [5, 5.41) is 8.62. The van der Waals surface area contributed by atoms with Crippen molar-refractivity contribution in [2.45, 2.75) is 13.1 Å². The minimum absolute atomic E-state index is 0.0294. The van der Waals surface area contributed by atoms with E-state index >= 15 is 0 Å². The fourth-order valence-corrected chi connectivity index (χ4v) is 3.09. The molecule has 1 aliphatic heterocycles. The number of aromatic amines is 1. The number of H-pyrrole nitrogens is 1. The van der Waals surface area contributed by atoms with Crippen molar-refractivity contribution in [2.24, 2.45) is 0 Å². The van der Waals surface area contributed by atoms with Gasteiger partial charge in [0.2, 0.25) is 5.88 Å². The number of hydrogen-bond donors (Lipinski definition) is 2. The monoisotopic (exact) mass is 416 g/mol. The van der Waals surface area contributed by atoms with Crippen molar-refractivity contribution >= 4 is 17.5 Å². The molecule has 2 heterocycles. The predicted molar refractivity (Wildman–Crippen MR) is 94.9 cm³/mol. The van der Waals surface area contributed by atoms with Gasteiger partial charge >= 0.3 is 6.18 Å². The molecule has 11 heteroatoms. The second kappa shape index (κ2) is 7.80. The van der Waals surface area contributed by atoms with Crippen LogP contribution in [0, 0.1) is 6.92 Å². The minimum atomic E-state index is -4.86. The molecule has 0 spiro atoms. The molecule has 1 aliphatic rings. The maximum Gasteiger partial charge on any atom is 0.422 e. The molecule has 28 heavy (non-hydrogen) atoms. The lowest BCUT2D eigenvalue weighted by Crippen LogP contribution is -2.46. The van der Waals surface area contributed by atoms with Crippen molar-refractivity contribution in [1.82, 2.24) is 20.4 Å². The van der Waals surface area contributed by atoms with E-state index in [1.165, 1.54) is 18.2 Å². The highest BCUT2D eigenvalue weighted by molar-refractivity contribution is 6.31. The summed E-state index contributed by atoms with van der Waals surface area (Å²) in [6, 6.07) is 4.17. The lowest BCUT2D eigenvalue weighted by molar-refractivity contribution is -0.139. The van der Waals surface area contributed by atoms with E-state index in [1.54, 1.807) is 10.00 Å². The number of aromatic nitrogens is 2. The first-order chi connectivity index (χ1) is 13.2. The second-order valence-corrected chi connectivity index (χ2v) is 6.61. The van der Waals surface area contributed by atoms with Crippen LogP contribution in [0.3, 0.4) is 0 Å². The molecular formula is C17H16ClF3N4O3. The van der Waals surface area contributed by atoms with Crippen LogP contribution in [0.1, 0.15) is 21.5 Å². The number of nitrogens with zero attached hydrogens (tertiary/aromatic N) is 2. The fraction of sp³-hybridized carbons (Fsp3) is 0.353. The summed E-state index contributed by atoms with van der Waals surface area (Å²) >= 11 is 6.05. The van der Waals surface area contributed by atoms with Gasteiger partial charge in [-0.3, -0.25) is 9.59 Å². The Bertz CT molecular complexity index is 956. The Hall–Kier alpha value is -2.59. The maximum atomic E-state index is 13.1. The molecule has 7 nitrogen and oxygen atoms in total. The van der Waals surface area contributed by atoms with Gasteiger partial charge in [-0.15, -0.1) is 5.10 Å². The smallest absolute Gasteiger partial charge is 0.422 e. The van der Waals surface area contributed by atoms with E-state index < -0.39 is 28.7 Å². The first-order valence-corrected chi connectivity index (χ1v) is 8.69. The van der Waals surface area contributed by atoms with Crippen LogP contribution in [0.2, 0.25) is 5.02 Å². The van der Waals surface area contributed by atoms with Gasteiger partial charge in [-0.1, -0.05) is 11.6 Å². The summed E-state index contributed by atoms with van der Waals surface area (Å²) < 4.78 is 44.7. The van der Waals surface area contributed by atoms with Gasteiger partial charge in [0.05, 0.1) is 0 Å². The Kier molecular flexibility index (Phi) is 5.61. The zero-order valence-electron chi connectivity index (χ0n) is 14.7. The summed E-state index contributed by atoms with van der Waals surface area (Å²) in [6.07, 6.45) is -4.86. The normalized spacial score (nSPS) is 14.8. The van der Waals surface area contributed by atoms with Gasteiger partial charge in [-0.25, -0.2) is 5.10 Å². The van der Waals surface area contributed by atoms with Crippen molar-refractivity contribution in [2.75, 3.05) is 26.2 Å². The molecule has 1 aromatic heterocycles. The third kappa shape index (κ3) is 4.28. The SMILES string of the molecule is Cc1c(Oc2cc(Cl)cc(C(=O)N3CCNCC3)c2)n[nH]c(=O)c1C(F)(F)F. The lowest BCUT2D eigenvalue weighted by atomic mass is 10.1. The second-order valence-electron chi connectivity index (χ2n) is 6.18. The topological polar surface area (TPSA) is 87.3 Å². The lowest BCUT2D eigenvalue weighted by Gasteiger charge is -2.27. The molecular weight excluding hydrogens is 401 g/mol. The van der Waals surface area contributed by atoms with Crippen molar-refractivity contribution < 1.29 is 22.7 Å². The Morgan fingerprint density at radius 2 is 1.93 bits per heavy atom. The highest BCUT2D eigenvalue weighted by Crippen LogP contribution is 2.34. The predicted octanol–water partition coefficient (Wildman–Crippen LogP) is 2.59. The first kappa shape index (κ1) is 20.2. The highest BCUT2D eigenvalue weighted by Gasteiger charge is 2.37. The number of nitrogens with one attached hydrogen (secondary N) is 2. The average Bonchev–Trinajstić information content (AvgIpc) is 2.63. The summed E-state index contributed by atoms with van der Waals surface area (Å²) in [5.41, 5.74) is -2.98. The number of halogens is 4. The van der Waals surface area contributed by atoms with Crippen molar-refractivity contribution in [3.05, 3.63) is 50.3 Å². The van der Waals surface area contributed by atoms with Crippen molar-refractivity contribution in [3.8, 4) is 11.6 Å². The summed E-state index contributed by atoms with van der Waals surface area (Å²) in [7, 11) is 0. The number of rotatable bonds is 3. The molecule has 2 N–H and O–H groups in total. The molecule has 1 fully saturated rings. The molecule has 0 unspecified atom stereocenters. The quantitative estimate of drug-likeness (QED) is 0.803. The molecule has 0 aliphatic carbocycles. The molecule has 0 saturated carbocycles. The Morgan fingerprint density at radius 1 is 1.25 bits per heavy atom. The molecule has 0 radical (unpaired) electrons. The third-order valence-electron chi connectivity index (χ3n) is 4.20. The van der Waals surface area contributed by atoms with E-state index in [0.29, 0.717) is 26.2 Å². The van der Waals surface area contributed by atoms with E-state index in [0.717, 1.165) is 6.92 Å². The number of piperazine rings is 1. The van der Waals surface area contributed by atoms with Crippen LogP contribution in [0.25, 0.3) is 0 Å². The Morgan fingerprint density at radius 3 is 2.57 bits per heavy atom. The molecule has 2 aromatic rings. The maximum absolute atomic E-state index is 13.1. The largest absolute Gasteiger partial charge is 0.437 e. The number of carbonyl (C=O) groups excluding carboxylic acids is 1. The number of alkyl halides is 3. The summed E-state index contributed by atoms with van der Waals surface area (Å²) in [6.45, 7) is 3.46. The van der Waals surface area contributed by atoms with E-state index in [1.807, 2.05) is 0 Å². The number of ether oxygens (including phenoxy) is 1. The van der Waals surface area contributed by atoms with E-state index in [-0.39, 0.29) is 22.2 Å². The van der Waals surface area contributed by atoms with Gasteiger partial charge in [0.15, 0.2) is 0 Å². The number of carbonyl (C=O) groups is 1. The van der Waals surface area contributed by atoms with Crippen LogP contribution in [0.15, 0.2) is 23.0 Å². The van der Waals surface area contributed by atoms with E-state index in [4.69, 9.17) is 16.3 Å². The zero-order valence-corrected chi connectivity index (χ0v) is 15.4. The number of amides is 1. The third-order valence-corrected chi connectivity index (χ3v) is 4.42. The number of benzene rings is 1. The molecule has 1 amide bonds. The van der Waals surface area contributed by atoms with Crippen molar-refractivity contribution in [1.29, 1.82) is 0 Å². The molecule has 0 atom stereocenters. The van der Waals surface area contributed by atoms with E-state index in [2.05, 4.69) is 10.4 Å². The molecule has 150 valence electrons. The van der Waals surface area contributed by atoms with Crippen LogP contribution in [0.4, 0.5) is 13.2 Å². The summed E-state index contributed by atoms with van der Waals surface area (Å²) in [5.74, 6) is -0.674. The molecule has 1 aromatic carbocycles. The number of hydrogen-bond acceptors (Lipinski definition) is 5. The van der Waals surface area contributed by atoms with E-state index in [9.17, 15) is 22.8 Å². The highest BCUT2D eigenvalue weighted by atomic mass is 35.5. The van der Waals surface area contributed by atoms with Gasteiger partial charge in [-0.05, 0) is 25.1 Å². The Balaban J connectivity index is 1.92. The van der Waals surface area contributed by atoms with Gasteiger partial charge in [0.25, 0.3) is 11.5 Å². The van der Waals surface area contributed by atoms with Gasteiger partial charge < -0.3 is 15.0 Å². The summed E-state index contributed by atoms with van der Waals surface area (Å²) in [4.78, 5) is 25.8. The first-order valence-electron chi connectivity index (χ1n) is 8.31. The minimum Gasteiger partial charge on any atom is -0.437 e. The fourth-order valence-electron chi connectivity index (χ4n) is 2.87.